The molecule has 5 nitrogen and oxygen atoms in total. The van der Waals surface area contributed by atoms with E-state index in [0.717, 1.165) is 37.1 Å². The van der Waals surface area contributed by atoms with E-state index in [9.17, 15) is 4.79 Å². The highest BCUT2D eigenvalue weighted by Gasteiger charge is 2.53. The van der Waals surface area contributed by atoms with Gasteiger partial charge in [0.15, 0.2) is 11.5 Å². The second-order valence-corrected chi connectivity index (χ2v) is 7.97. The third-order valence-electron chi connectivity index (χ3n) is 6.35. The Bertz CT molecular complexity index is 784. The van der Waals surface area contributed by atoms with Crippen molar-refractivity contribution in [3.63, 3.8) is 0 Å². The van der Waals surface area contributed by atoms with Gasteiger partial charge in [0.2, 0.25) is 0 Å². The van der Waals surface area contributed by atoms with Crippen molar-refractivity contribution in [2.24, 2.45) is 0 Å². The fraction of sp³-hybridized carbons (Fsp3) is 0.571. The fourth-order valence-electron chi connectivity index (χ4n) is 5.00. The second-order valence-electron chi connectivity index (χ2n) is 7.97. The first kappa shape index (κ1) is 16.2. The average Bonchev–Trinajstić information content (AvgIpc) is 3.41. The number of carbonyl (C=O) groups is 1. The van der Waals surface area contributed by atoms with E-state index in [1.807, 2.05) is 6.07 Å². The topological polar surface area (TPSA) is 48.0 Å². The normalized spacial score (nSPS) is 32.2. The molecule has 1 spiro atoms. The van der Waals surface area contributed by atoms with Gasteiger partial charge in [-0.2, -0.15) is 0 Å². The lowest BCUT2D eigenvalue weighted by atomic mass is 9.69. The van der Waals surface area contributed by atoms with Crippen molar-refractivity contribution in [1.29, 1.82) is 0 Å². The lowest BCUT2D eigenvalue weighted by molar-refractivity contribution is -0.145. The van der Waals surface area contributed by atoms with Crippen LogP contribution < -0.4 is 9.47 Å². The molecule has 1 fully saturated rings. The van der Waals surface area contributed by atoms with Crippen LogP contribution in [0.15, 0.2) is 24.3 Å². The first-order valence-corrected chi connectivity index (χ1v) is 9.58. The number of carbonyl (C=O) groups excluding carboxylic acids is 1. The molecular weight excluding hydrogens is 330 g/mol. The number of hydrogen-bond acceptors (Lipinski definition) is 5. The molecule has 0 aromatic heterocycles. The van der Waals surface area contributed by atoms with Crippen LogP contribution in [-0.4, -0.2) is 42.8 Å². The van der Waals surface area contributed by atoms with Crippen molar-refractivity contribution in [2.45, 2.75) is 62.8 Å². The number of nitrogens with zero attached hydrogens (tertiary/aromatic N) is 1. The maximum Gasteiger partial charge on any atom is 0.303 e. The molecule has 0 amide bonds. The van der Waals surface area contributed by atoms with E-state index >= 15 is 0 Å². The molecule has 5 rings (SSSR count). The van der Waals surface area contributed by atoms with Crippen molar-refractivity contribution < 1.29 is 19.0 Å². The van der Waals surface area contributed by atoms with Crippen LogP contribution in [0.4, 0.5) is 0 Å². The van der Waals surface area contributed by atoms with Gasteiger partial charge in [-0.25, -0.2) is 0 Å². The summed E-state index contributed by atoms with van der Waals surface area (Å²) in [5, 5.41) is 0. The number of methoxy groups -OCH3 is 1. The van der Waals surface area contributed by atoms with Crippen LogP contribution in [0.1, 0.15) is 43.7 Å². The zero-order chi connectivity index (χ0) is 17.9. The highest BCUT2D eigenvalue weighted by molar-refractivity contribution is 5.66. The first-order chi connectivity index (χ1) is 12.6. The molecule has 0 radical (unpaired) electrons. The van der Waals surface area contributed by atoms with Gasteiger partial charge < -0.3 is 14.2 Å². The Labute approximate surface area is 153 Å². The third-order valence-corrected chi connectivity index (χ3v) is 6.35. The van der Waals surface area contributed by atoms with E-state index in [-0.39, 0.29) is 23.6 Å². The highest BCUT2D eigenvalue weighted by Crippen LogP contribution is 2.56. The molecule has 1 saturated carbocycles. The van der Waals surface area contributed by atoms with Crippen molar-refractivity contribution in [1.82, 2.24) is 4.90 Å². The molecule has 2 heterocycles. The Kier molecular flexibility index (Phi) is 3.58. The molecule has 0 N–H and O–H groups in total. The van der Waals surface area contributed by atoms with Gasteiger partial charge in [0.05, 0.1) is 12.5 Å². The predicted molar refractivity (Wildman–Crippen MR) is 96.4 cm³/mol. The SMILES string of the molecule is COc1ccc2c3c1O[C@H]1C[C@@H](OC(C)=O)C=CC31CCN(C1CC1)C2. The van der Waals surface area contributed by atoms with Crippen molar-refractivity contribution in [3.8, 4) is 11.5 Å². The Hall–Kier alpha value is -2.01. The van der Waals surface area contributed by atoms with Crippen LogP contribution in [0.25, 0.3) is 0 Å². The summed E-state index contributed by atoms with van der Waals surface area (Å²) in [5.41, 5.74) is 2.50. The summed E-state index contributed by atoms with van der Waals surface area (Å²) in [7, 11) is 1.70. The molecule has 138 valence electrons. The van der Waals surface area contributed by atoms with Crippen molar-refractivity contribution in [3.05, 3.63) is 35.4 Å². The van der Waals surface area contributed by atoms with E-state index in [1.54, 1.807) is 7.11 Å². The molecule has 0 bridgehead atoms. The summed E-state index contributed by atoms with van der Waals surface area (Å²) < 4.78 is 17.5. The number of esters is 1. The maximum absolute atomic E-state index is 11.4. The standard InChI is InChI=1S/C21H25NO4/c1-13(23)25-16-7-8-21-9-10-22(15-4-5-15)12-14-3-6-17(24-2)20(19(14)21)26-18(21)11-16/h3,6-8,15-16,18H,4-5,9-12H2,1-2H3/t16-,18-,21?/m0/s1. The average molecular weight is 355 g/mol. The summed E-state index contributed by atoms with van der Waals surface area (Å²) in [6, 6.07) is 4.98. The maximum atomic E-state index is 11.4. The van der Waals surface area contributed by atoms with Crippen LogP contribution in [-0.2, 0) is 21.5 Å². The van der Waals surface area contributed by atoms with Gasteiger partial charge in [-0.3, -0.25) is 9.69 Å². The van der Waals surface area contributed by atoms with Gasteiger partial charge in [0.25, 0.3) is 0 Å². The van der Waals surface area contributed by atoms with Gasteiger partial charge in [-0.05, 0) is 37.0 Å². The largest absolute Gasteiger partial charge is 0.493 e. The lowest BCUT2D eigenvalue weighted by Gasteiger charge is -2.36. The molecule has 4 aliphatic rings. The van der Waals surface area contributed by atoms with Gasteiger partial charge in [0, 0.05) is 38.0 Å². The van der Waals surface area contributed by atoms with Crippen LogP contribution in [0, 0.1) is 0 Å². The third kappa shape index (κ3) is 2.37. The van der Waals surface area contributed by atoms with Gasteiger partial charge in [-0.1, -0.05) is 12.1 Å². The number of hydrogen-bond donors (Lipinski definition) is 0. The quantitative estimate of drug-likeness (QED) is 0.616. The number of rotatable bonds is 3. The molecule has 1 unspecified atom stereocenters. The van der Waals surface area contributed by atoms with Crippen molar-refractivity contribution in [2.75, 3.05) is 13.7 Å². The van der Waals surface area contributed by atoms with E-state index in [1.165, 1.54) is 30.9 Å². The monoisotopic (exact) mass is 355 g/mol. The Morgan fingerprint density at radius 3 is 2.92 bits per heavy atom. The molecule has 3 atom stereocenters. The van der Waals surface area contributed by atoms with Gasteiger partial charge in [0.1, 0.15) is 12.2 Å². The highest BCUT2D eigenvalue weighted by atomic mass is 16.5. The van der Waals surface area contributed by atoms with Gasteiger partial charge in [-0.15, -0.1) is 0 Å². The van der Waals surface area contributed by atoms with Gasteiger partial charge >= 0.3 is 5.97 Å². The molecule has 2 aliphatic heterocycles. The Morgan fingerprint density at radius 2 is 2.19 bits per heavy atom. The van der Waals surface area contributed by atoms with E-state index in [4.69, 9.17) is 14.2 Å². The number of ether oxygens (including phenoxy) is 3. The zero-order valence-electron chi connectivity index (χ0n) is 15.4. The van der Waals surface area contributed by atoms with E-state index in [2.05, 4.69) is 23.1 Å². The van der Waals surface area contributed by atoms with Crippen LogP contribution >= 0.6 is 0 Å². The Balaban J connectivity index is 1.59. The molecule has 2 aliphatic carbocycles. The molecule has 26 heavy (non-hydrogen) atoms. The summed E-state index contributed by atoms with van der Waals surface area (Å²) >= 11 is 0. The predicted octanol–water partition coefficient (Wildman–Crippen LogP) is 2.95. The van der Waals surface area contributed by atoms with Crippen LogP contribution in [0.5, 0.6) is 11.5 Å². The molecule has 1 aromatic carbocycles. The second kappa shape index (κ2) is 5.74. The van der Waals surface area contributed by atoms with Crippen LogP contribution in [0.3, 0.4) is 0 Å². The Morgan fingerprint density at radius 1 is 1.35 bits per heavy atom. The minimum absolute atomic E-state index is 0.0129. The molecular formula is C21H25NO4. The summed E-state index contributed by atoms with van der Waals surface area (Å²) in [6.07, 6.45) is 8.44. The van der Waals surface area contributed by atoms with Crippen molar-refractivity contribution >= 4 is 5.97 Å². The smallest absolute Gasteiger partial charge is 0.303 e. The minimum atomic E-state index is -0.245. The molecule has 1 aromatic rings. The van der Waals surface area contributed by atoms with E-state index in [0.29, 0.717) is 6.42 Å². The molecule has 0 saturated heterocycles. The van der Waals surface area contributed by atoms with Crippen LogP contribution in [0.2, 0.25) is 0 Å². The minimum Gasteiger partial charge on any atom is -0.493 e. The van der Waals surface area contributed by atoms with E-state index < -0.39 is 0 Å². The number of benzene rings is 1. The first-order valence-electron chi connectivity index (χ1n) is 9.58. The lowest BCUT2D eigenvalue weighted by Crippen LogP contribution is -2.43. The zero-order valence-corrected chi connectivity index (χ0v) is 15.4. The summed E-state index contributed by atoms with van der Waals surface area (Å²) in [5.74, 6) is 1.45. The summed E-state index contributed by atoms with van der Waals surface area (Å²) in [4.78, 5) is 14.0. The summed E-state index contributed by atoms with van der Waals surface area (Å²) in [6.45, 7) is 3.52. The molecule has 5 heteroatoms. The fourth-order valence-corrected chi connectivity index (χ4v) is 5.00.